The predicted octanol–water partition coefficient (Wildman–Crippen LogP) is 4.03. The van der Waals surface area contributed by atoms with E-state index in [1.54, 1.807) is 12.1 Å². The lowest BCUT2D eigenvalue weighted by Crippen LogP contribution is -2.06. The summed E-state index contributed by atoms with van der Waals surface area (Å²) in [6, 6.07) is 6.49. The van der Waals surface area contributed by atoms with Crippen LogP contribution in [0.5, 0.6) is 0 Å². The molecule has 0 spiro atoms. The first-order chi connectivity index (χ1) is 10.1. The lowest BCUT2D eigenvalue weighted by Gasteiger charge is -2.10. The fourth-order valence-corrected chi connectivity index (χ4v) is 2.30. The molecule has 1 heterocycles. The highest BCUT2D eigenvalue weighted by molar-refractivity contribution is 7.98. The van der Waals surface area contributed by atoms with Crippen molar-refractivity contribution in [1.82, 2.24) is 9.97 Å². The van der Waals surface area contributed by atoms with Crippen LogP contribution in [0.4, 0.5) is 16.0 Å². The predicted molar refractivity (Wildman–Crippen MR) is 86.7 cm³/mol. The zero-order valence-corrected chi connectivity index (χ0v) is 13.4. The van der Waals surface area contributed by atoms with Crippen LogP contribution in [0.25, 0.3) is 0 Å². The number of hydrogen-bond acceptors (Lipinski definition) is 5. The Balaban J connectivity index is 2.11. The summed E-state index contributed by atoms with van der Waals surface area (Å²) in [4.78, 5) is 8.74. The Morgan fingerprint density at radius 2 is 1.90 bits per heavy atom. The number of anilines is 2. The van der Waals surface area contributed by atoms with Gasteiger partial charge in [-0.05, 0) is 30.9 Å². The molecule has 0 bridgehead atoms. The number of thioether (sulfide) groups is 1. The van der Waals surface area contributed by atoms with Gasteiger partial charge in [-0.2, -0.15) is 0 Å². The Morgan fingerprint density at radius 3 is 2.52 bits per heavy atom. The smallest absolute Gasteiger partial charge is 0.191 e. The summed E-state index contributed by atoms with van der Waals surface area (Å²) < 4.78 is 13.1. The van der Waals surface area contributed by atoms with Crippen LogP contribution in [0.15, 0.2) is 29.4 Å². The van der Waals surface area contributed by atoms with E-state index in [-0.39, 0.29) is 5.02 Å². The maximum atomic E-state index is 13.1. The largest absolute Gasteiger partial charge is 0.370 e. The van der Waals surface area contributed by atoms with Crippen molar-refractivity contribution in [2.45, 2.75) is 18.6 Å². The lowest BCUT2D eigenvalue weighted by molar-refractivity contribution is 0.627. The first-order valence-corrected chi connectivity index (χ1v) is 8.07. The minimum absolute atomic E-state index is 0.120. The second-order valence-corrected chi connectivity index (χ2v) is 5.44. The van der Waals surface area contributed by atoms with E-state index in [0.717, 1.165) is 17.9 Å². The SMILES string of the molecule is CCNc1cc(NCc2ccc(F)c(Cl)c2)nc(SC)n1. The second-order valence-electron chi connectivity index (χ2n) is 4.26. The van der Waals surface area contributed by atoms with Crippen LogP contribution < -0.4 is 10.6 Å². The van der Waals surface area contributed by atoms with Crippen molar-refractivity contribution in [3.63, 3.8) is 0 Å². The van der Waals surface area contributed by atoms with E-state index in [2.05, 4.69) is 20.6 Å². The summed E-state index contributed by atoms with van der Waals surface area (Å²) in [5.74, 6) is 1.07. The van der Waals surface area contributed by atoms with E-state index in [1.165, 1.54) is 17.8 Å². The number of hydrogen-bond donors (Lipinski definition) is 2. The Morgan fingerprint density at radius 1 is 1.19 bits per heavy atom. The van der Waals surface area contributed by atoms with E-state index >= 15 is 0 Å². The van der Waals surface area contributed by atoms with Gasteiger partial charge in [0.05, 0.1) is 5.02 Å². The van der Waals surface area contributed by atoms with Gasteiger partial charge in [0, 0.05) is 19.2 Å². The van der Waals surface area contributed by atoms with E-state index in [0.29, 0.717) is 17.5 Å². The fourth-order valence-electron chi connectivity index (χ4n) is 1.72. The molecular formula is C14H16ClFN4S. The maximum absolute atomic E-state index is 13.1. The van der Waals surface area contributed by atoms with E-state index in [9.17, 15) is 4.39 Å². The van der Waals surface area contributed by atoms with Gasteiger partial charge in [-0.1, -0.05) is 29.4 Å². The Bertz CT molecular complexity index is 624. The fraction of sp³-hybridized carbons (Fsp3) is 0.286. The van der Waals surface area contributed by atoms with Crippen LogP contribution in [0.3, 0.4) is 0 Å². The molecule has 1 aromatic carbocycles. The quantitative estimate of drug-likeness (QED) is 0.620. The average Bonchev–Trinajstić information content (AvgIpc) is 2.48. The molecule has 0 unspecified atom stereocenters. The Hall–Kier alpha value is -1.53. The van der Waals surface area contributed by atoms with Crippen LogP contribution in [0.1, 0.15) is 12.5 Å². The lowest BCUT2D eigenvalue weighted by atomic mass is 10.2. The molecule has 2 rings (SSSR count). The van der Waals surface area contributed by atoms with E-state index in [4.69, 9.17) is 11.6 Å². The molecule has 112 valence electrons. The van der Waals surface area contributed by atoms with Crippen molar-refractivity contribution >= 4 is 35.0 Å². The van der Waals surface area contributed by atoms with Crippen LogP contribution >= 0.6 is 23.4 Å². The third-order valence-corrected chi connectivity index (χ3v) is 3.54. The molecular weight excluding hydrogens is 311 g/mol. The van der Waals surface area contributed by atoms with Gasteiger partial charge in [0.25, 0.3) is 0 Å². The van der Waals surface area contributed by atoms with Gasteiger partial charge in [-0.3, -0.25) is 0 Å². The third kappa shape index (κ3) is 4.47. The number of halogens is 2. The van der Waals surface area contributed by atoms with Gasteiger partial charge < -0.3 is 10.6 Å². The molecule has 21 heavy (non-hydrogen) atoms. The minimum Gasteiger partial charge on any atom is -0.370 e. The number of benzene rings is 1. The summed E-state index contributed by atoms with van der Waals surface area (Å²) in [5, 5.41) is 7.17. The van der Waals surface area contributed by atoms with Crippen LogP contribution in [-0.2, 0) is 6.54 Å². The average molecular weight is 327 g/mol. The van der Waals surface area contributed by atoms with Crippen molar-refractivity contribution in [2.75, 3.05) is 23.4 Å². The first kappa shape index (κ1) is 15.9. The zero-order chi connectivity index (χ0) is 15.2. The zero-order valence-electron chi connectivity index (χ0n) is 11.8. The highest BCUT2D eigenvalue weighted by Gasteiger charge is 2.05. The minimum atomic E-state index is -0.415. The summed E-state index contributed by atoms with van der Waals surface area (Å²) in [6.45, 7) is 3.31. The van der Waals surface area contributed by atoms with E-state index in [1.807, 2.05) is 19.2 Å². The summed E-state index contributed by atoms with van der Waals surface area (Å²) in [6.07, 6.45) is 1.93. The second kappa shape index (κ2) is 7.47. The van der Waals surface area contributed by atoms with Gasteiger partial charge in [0.15, 0.2) is 5.16 Å². The van der Waals surface area contributed by atoms with Gasteiger partial charge in [0.1, 0.15) is 17.5 Å². The van der Waals surface area contributed by atoms with Crippen molar-refractivity contribution < 1.29 is 4.39 Å². The highest BCUT2D eigenvalue weighted by atomic mass is 35.5. The van der Waals surface area contributed by atoms with Gasteiger partial charge >= 0.3 is 0 Å². The van der Waals surface area contributed by atoms with Gasteiger partial charge in [0.2, 0.25) is 0 Å². The van der Waals surface area contributed by atoms with Crippen LogP contribution in [0, 0.1) is 5.82 Å². The summed E-state index contributed by atoms with van der Waals surface area (Å²) in [5.41, 5.74) is 0.885. The molecule has 0 aliphatic carbocycles. The third-order valence-electron chi connectivity index (χ3n) is 2.70. The standard InChI is InChI=1S/C14H16ClFN4S/c1-3-17-12-7-13(20-14(19-12)21-2)18-8-9-4-5-11(16)10(15)6-9/h4-7H,3,8H2,1-2H3,(H2,17,18,19,20). The van der Waals surface area contributed by atoms with Crippen LogP contribution in [-0.4, -0.2) is 22.8 Å². The highest BCUT2D eigenvalue weighted by Crippen LogP contribution is 2.19. The Kier molecular flexibility index (Phi) is 5.64. The van der Waals surface area contributed by atoms with Crippen molar-refractivity contribution in [2.24, 2.45) is 0 Å². The van der Waals surface area contributed by atoms with Crippen molar-refractivity contribution in [3.8, 4) is 0 Å². The number of nitrogens with zero attached hydrogens (tertiary/aromatic N) is 2. The molecule has 0 saturated carbocycles. The molecule has 0 amide bonds. The Labute approximate surface area is 132 Å². The molecule has 0 atom stereocenters. The number of aromatic nitrogens is 2. The van der Waals surface area contributed by atoms with Crippen molar-refractivity contribution in [1.29, 1.82) is 0 Å². The molecule has 4 nitrogen and oxygen atoms in total. The molecule has 2 aromatic rings. The number of rotatable bonds is 6. The normalized spacial score (nSPS) is 10.5. The van der Waals surface area contributed by atoms with Crippen LogP contribution in [0.2, 0.25) is 5.02 Å². The van der Waals surface area contributed by atoms with E-state index < -0.39 is 5.82 Å². The molecule has 0 fully saturated rings. The van der Waals surface area contributed by atoms with Gasteiger partial charge in [-0.15, -0.1) is 0 Å². The van der Waals surface area contributed by atoms with Gasteiger partial charge in [-0.25, -0.2) is 14.4 Å². The first-order valence-electron chi connectivity index (χ1n) is 6.47. The molecule has 2 N–H and O–H groups in total. The monoisotopic (exact) mass is 326 g/mol. The molecule has 7 heteroatoms. The molecule has 0 aliphatic heterocycles. The topological polar surface area (TPSA) is 49.8 Å². The summed E-state index contributed by atoms with van der Waals surface area (Å²) >= 11 is 7.24. The molecule has 1 aromatic heterocycles. The summed E-state index contributed by atoms with van der Waals surface area (Å²) in [7, 11) is 0. The van der Waals surface area contributed by atoms with Crippen molar-refractivity contribution in [3.05, 3.63) is 40.7 Å². The molecule has 0 saturated heterocycles. The molecule has 0 radical (unpaired) electrons. The maximum Gasteiger partial charge on any atom is 0.191 e. The number of nitrogens with one attached hydrogen (secondary N) is 2. The molecule has 0 aliphatic rings.